The lowest BCUT2D eigenvalue weighted by Crippen LogP contribution is -1.99. The molecule has 0 amide bonds. The summed E-state index contributed by atoms with van der Waals surface area (Å²) in [5.41, 5.74) is 0. The summed E-state index contributed by atoms with van der Waals surface area (Å²) < 4.78 is 4.61. The molecule has 108 valence electrons. The zero-order chi connectivity index (χ0) is 13.6. The highest BCUT2D eigenvalue weighted by Gasteiger charge is 2.00. The van der Waals surface area contributed by atoms with Crippen molar-refractivity contribution in [2.45, 2.75) is 84.5 Å². The third-order valence-electron chi connectivity index (χ3n) is 3.75. The van der Waals surface area contributed by atoms with Crippen molar-refractivity contribution < 1.29 is 9.53 Å². The van der Waals surface area contributed by atoms with Gasteiger partial charge in [-0.15, -0.1) is 0 Å². The Morgan fingerprint density at radius 1 is 0.944 bits per heavy atom. The Morgan fingerprint density at radius 2 is 1.44 bits per heavy atom. The van der Waals surface area contributed by atoms with Crippen LogP contribution in [0.1, 0.15) is 84.5 Å². The van der Waals surface area contributed by atoms with Crippen molar-refractivity contribution in [3.63, 3.8) is 0 Å². The highest BCUT2D eigenvalue weighted by molar-refractivity contribution is 5.68. The molecule has 0 bridgehead atoms. The standard InChI is InChI=1S/C16H32O2/c1-4-15(2)13-11-9-7-5-6-8-10-12-14-16(17)18-3/h15H,4-14H2,1-3H3. The topological polar surface area (TPSA) is 26.3 Å². The number of rotatable bonds is 12. The Hall–Kier alpha value is -0.530. The minimum absolute atomic E-state index is 0.0694. The molecule has 1 unspecified atom stereocenters. The lowest BCUT2D eigenvalue weighted by molar-refractivity contribution is -0.140. The zero-order valence-corrected chi connectivity index (χ0v) is 12.7. The number of unbranched alkanes of at least 4 members (excludes halogenated alkanes) is 7. The molecule has 0 heterocycles. The van der Waals surface area contributed by atoms with Crippen LogP contribution in [0.5, 0.6) is 0 Å². The summed E-state index contributed by atoms with van der Waals surface area (Å²) in [5, 5.41) is 0. The van der Waals surface area contributed by atoms with E-state index < -0.39 is 0 Å². The number of carbonyl (C=O) groups excluding carboxylic acids is 1. The number of hydrogen-bond donors (Lipinski definition) is 0. The van der Waals surface area contributed by atoms with Crippen LogP contribution in [0.3, 0.4) is 0 Å². The fourth-order valence-corrected chi connectivity index (χ4v) is 2.13. The van der Waals surface area contributed by atoms with E-state index in [1.54, 1.807) is 0 Å². The first kappa shape index (κ1) is 17.5. The Bertz CT molecular complexity index is 190. The number of hydrogen-bond acceptors (Lipinski definition) is 2. The maximum Gasteiger partial charge on any atom is 0.305 e. The SMILES string of the molecule is CCC(C)CCCCCCCCCCC(=O)OC. The molecule has 0 N–H and O–H groups in total. The largest absolute Gasteiger partial charge is 0.469 e. The van der Waals surface area contributed by atoms with Gasteiger partial charge in [0.15, 0.2) is 0 Å². The molecular formula is C16H32O2. The molecule has 2 nitrogen and oxygen atoms in total. The van der Waals surface area contributed by atoms with E-state index in [9.17, 15) is 4.79 Å². The molecule has 0 spiro atoms. The zero-order valence-electron chi connectivity index (χ0n) is 12.7. The molecule has 1 atom stereocenters. The molecule has 0 radical (unpaired) electrons. The van der Waals surface area contributed by atoms with E-state index in [0.29, 0.717) is 6.42 Å². The van der Waals surface area contributed by atoms with Gasteiger partial charge in [0.2, 0.25) is 0 Å². The van der Waals surface area contributed by atoms with E-state index in [2.05, 4.69) is 18.6 Å². The molecule has 0 aromatic heterocycles. The van der Waals surface area contributed by atoms with Crippen molar-refractivity contribution in [1.82, 2.24) is 0 Å². The van der Waals surface area contributed by atoms with E-state index in [-0.39, 0.29) is 5.97 Å². The molecule has 0 fully saturated rings. The molecule has 0 aliphatic rings. The number of methoxy groups -OCH3 is 1. The molecular weight excluding hydrogens is 224 g/mol. The van der Waals surface area contributed by atoms with Crippen molar-refractivity contribution in [1.29, 1.82) is 0 Å². The second-order valence-electron chi connectivity index (χ2n) is 5.46. The van der Waals surface area contributed by atoms with Gasteiger partial charge in [-0.1, -0.05) is 71.6 Å². The Morgan fingerprint density at radius 3 is 1.94 bits per heavy atom. The van der Waals surface area contributed by atoms with E-state index in [0.717, 1.165) is 12.3 Å². The normalized spacial score (nSPS) is 12.4. The Labute approximate surface area is 113 Å². The van der Waals surface area contributed by atoms with E-state index in [1.807, 2.05) is 0 Å². The molecule has 0 aliphatic carbocycles. The van der Waals surface area contributed by atoms with Gasteiger partial charge in [0, 0.05) is 6.42 Å². The average Bonchev–Trinajstić information content (AvgIpc) is 2.40. The smallest absolute Gasteiger partial charge is 0.305 e. The van der Waals surface area contributed by atoms with Crippen molar-refractivity contribution in [2.75, 3.05) is 7.11 Å². The van der Waals surface area contributed by atoms with Crippen molar-refractivity contribution in [3.8, 4) is 0 Å². The first-order chi connectivity index (χ1) is 8.70. The van der Waals surface area contributed by atoms with Gasteiger partial charge in [0.05, 0.1) is 7.11 Å². The van der Waals surface area contributed by atoms with E-state index >= 15 is 0 Å². The fraction of sp³-hybridized carbons (Fsp3) is 0.938. The van der Waals surface area contributed by atoms with Crippen LogP contribution in [0, 0.1) is 5.92 Å². The third-order valence-corrected chi connectivity index (χ3v) is 3.75. The summed E-state index contributed by atoms with van der Waals surface area (Å²) in [7, 11) is 1.46. The summed E-state index contributed by atoms with van der Waals surface area (Å²) >= 11 is 0. The van der Waals surface area contributed by atoms with Gasteiger partial charge in [-0.2, -0.15) is 0 Å². The molecule has 0 aromatic rings. The fourth-order valence-electron chi connectivity index (χ4n) is 2.13. The molecule has 0 rings (SSSR count). The van der Waals surface area contributed by atoms with Gasteiger partial charge in [-0.05, 0) is 12.3 Å². The quantitative estimate of drug-likeness (QED) is 0.358. The number of carbonyl (C=O) groups is 1. The maximum atomic E-state index is 10.9. The van der Waals surface area contributed by atoms with Gasteiger partial charge < -0.3 is 4.74 Å². The summed E-state index contributed by atoms with van der Waals surface area (Å²) in [6.45, 7) is 4.63. The minimum atomic E-state index is -0.0694. The molecule has 0 aliphatic heterocycles. The second kappa shape index (κ2) is 12.9. The van der Waals surface area contributed by atoms with Crippen LogP contribution < -0.4 is 0 Å². The summed E-state index contributed by atoms with van der Waals surface area (Å²) in [6.07, 6.45) is 13.6. The van der Waals surface area contributed by atoms with Crippen LogP contribution in [0.2, 0.25) is 0 Å². The predicted molar refractivity (Wildman–Crippen MR) is 77.6 cm³/mol. The number of ether oxygens (including phenoxy) is 1. The Kier molecular flexibility index (Phi) is 12.5. The van der Waals surface area contributed by atoms with Gasteiger partial charge in [-0.3, -0.25) is 4.79 Å². The first-order valence-electron chi connectivity index (χ1n) is 7.77. The summed E-state index contributed by atoms with van der Waals surface area (Å²) in [5.74, 6) is 0.836. The van der Waals surface area contributed by atoms with Crippen LogP contribution in [0.25, 0.3) is 0 Å². The van der Waals surface area contributed by atoms with Gasteiger partial charge in [0.25, 0.3) is 0 Å². The summed E-state index contributed by atoms with van der Waals surface area (Å²) in [4.78, 5) is 10.9. The van der Waals surface area contributed by atoms with Crippen LogP contribution in [-0.2, 0) is 9.53 Å². The van der Waals surface area contributed by atoms with Crippen LogP contribution in [-0.4, -0.2) is 13.1 Å². The number of esters is 1. The van der Waals surface area contributed by atoms with Gasteiger partial charge in [-0.25, -0.2) is 0 Å². The van der Waals surface area contributed by atoms with E-state index in [1.165, 1.54) is 64.9 Å². The van der Waals surface area contributed by atoms with Crippen molar-refractivity contribution >= 4 is 5.97 Å². The lowest BCUT2D eigenvalue weighted by atomic mass is 9.99. The highest BCUT2D eigenvalue weighted by atomic mass is 16.5. The first-order valence-corrected chi connectivity index (χ1v) is 7.77. The Balaban J connectivity index is 3.05. The molecule has 0 saturated heterocycles. The van der Waals surface area contributed by atoms with Crippen LogP contribution in [0.15, 0.2) is 0 Å². The monoisotopic (exact) mass is 256 g/mol. The second-order valence-corrected chi connectivity index (χ2v) is 5.46. The predicted octanol–water partition coefficient (Wildman–Crippen LogP) is 5.11. The molecule has 18 heavy (non-hydrogen) atoms. The van der Waals surface area contributed by atoms with Gasteiger partial charge in [0.1, 0.15) is 0 Å². The highest BCUT2D eigenvalue weighted by Crippen LogP contribution is 2.15. The lowest BCUT2D eigenvalue weighted by Gasteiger charge is -2.07. The van der Waals surface area contributed by atoms with Crippen molar-refractivity contribution in [3.05, 3.63) is 0 Å². The van der Waals surface area contributed by atoms with Crippen LogP contribution in [0.4, 0.5) is 0 Å². The van der Waals surface area contributed by atoms with Gasteiger partial charge >= 0.3 is 5.97 Å². The third kappa shape index (κ3) is 11.9. The van der Waals surface area contributed by atoms with Crippen LogP contribution >= 0.6 is 0 Å². The van der Waals surface area contributed by atoms with E-state index in [4.69, 9.17) is 0 Å². The summed E-state index contributed by atoms with van der Waals surface area (Å²) in [6, 6.07) is 0. The molecule has 0 saturated carbocycles. The minimum Gasteiger partial charge on any atom is -0.469 e. The molecule has 2 heteroatoms. The van der Waals surface area contributed by atoms with Crippen molar-refractivity contribution in [2.24, 2.45) is 5.92 Å². The maximum absolute atomic E-state index is 10.9. The average molecular weight is 256 g/mol. The molecule has 0 aromatic carbocycles.